The minimum atomic E-state index is -0.784. The highest BCUT2D eigenvalue weighted by molar-refractivity contribution is 5.69. The molecule has 2 bridgehead atoms. The lowest BCUT2D eigenvalue weighted by atomic mass is 9.57. The second kappa shape index (κ2) is 4.44. The standard InChI is InChI=1S/C12H18O4/c13-11(14)5-9-7-1-2-8(4-3-7)10(9)6-12(15)16/h7-10H,1-6H2,(H,13,14)(H,15,16). The van der Waals surface area contributed by atoms with E-state index in [0.717, 1.165) is 25.7 Å². The first-order valence-electron chi connectivity index (χ1n) is 6.01. The highest BCUT2D eigenvalue weighted by atomic mass is 16.4. The van der Waals surface area contributed by atoms with Crippen molar-refractivity contribution in [1.29, 1.82) is 0 Å². The molecule has 3 saturated carbocycles. The fraction of sp³-hybridized carbons (Fsp3) is 0.833. The lowest BCUT2D eigenvalue weighted by molar-refractivity contribution is -0.146. The van der Waals surface area contributed by atoms with Gasteiger partial charge in [0.05, 0.1) is 0 Å². The van der Waals surface area contributed by atoms with Crippen molar-refractivity contribution in [3.8, 4) is 0 Å². The summed E-state index contributed by atoms with van der Waals surface area (Å²) in [4.78, 5) is 21.7. The van der Waals surface area contributed by atoms with Crippen LogP contribution in [0.25, 0.3) is 0 Å². The minimum absolute atomic E-state index is 0.0982. The number of carbonyl (C=O) groups is 2. The first-order valence-corrected chi connectivity index (χ1v) is 6.01. The molecule has 3 aliphatic carbocycles. The topological polar surface area (TPSA) is 74.6 Å². The van der Waals surface area contributed by atoms with E-state index in [1.165, 1.54) is 0 Å². The molecule has 2 atom stereocenters. The first-order chi connectivity index (χ1) is 7.58. The smallest absolute Gasteiger partial charge is 0.303 e. The Kier molecular flexibility index (Phi) is 3.17. The Hall–Kier alpha value is -1.06. The first kappa shape index (κ1) is 11.4. The predicted molar refractivity (Wildman–Crippen MR) is 56.9 cm³/mol. The van der Waals surface area contributed by atoms with Crippen LogP contribution in [-0.2, 0) is 9.59 Å². The van der Waals surface area contributed by atoms with Crippen LogP contribution in [0.1, 0.15) is 38.5 Å². The van der Waals surface area contributed by atoms with Crippen LogP contribution in [0, 0.1) is 23.7 Å². The number of carboxylic acid groups (broad SMARTS) is 2. The van der Waals surface area contributed by atoms with Gasteiger partial charge in [0.2, 0.25) is 0 Å². The fourth-order valence-corrected chi connectivity index (χ4v) is 3.74. The van der Waals surface area contributed by atoms with Gasteiger partial charge in [0.25, 0.3) is 0 Å². The average molecular weight is 226 g/mol. The molecule has 4 nitrogen and oxygen atoms in total. The third-order valence-corrected chi connectivity index (χ3v) is 4.40. The van der Waals surface area contributed by atoms with Crippen LogP contribution < -0.4 is 0 Å². The van der Waals surface area contributed by atoms with Gasteiger partial charge in [-0.1, -0.05) is 0 Å². The summed E-state index contributed by atoms with van der Waals surface area (Å²) in [6.07, 6.45) is 4.69. The van der Waals surface area contributed by atoms with Crippen molar-refractivity contribution in [2.24, 2.45) is 23.7 Å². The Labute approximate surface area is 94.7 Å². The number of rotatable bonds is 4. The van der Waals surface area contributed by atoms with Crippen LogP contribution in [-0.4, -0.2) is 22.2 Å². The molecule has 0 saturated heterocycles. The van der Waals surface area contributed by atoms with Crippen molar-refractivity contribution in [3.05, 3.63) is 0 Å². The van der Waals surface area contributed by atoms with Crippen LogP contribution in [0.4, 0.5) is 0 Å². The molecular formula is C12H18O4. The Morgan fingerprint density at radius 3 is 1.38 bits per heavy atom. The largest absolute Gasteiger partial charge is 0.481 e. The van der Waals surface area contributed by atoms with Crippen molar-refractivity contribution < 1.29 is 19.8 Å². The van der Waals surface area contributed by atoms with Gasteiger partial charge in [-0.3, -0.25) is 9.59 Å². The highest BCUT2D eigenvalue weighted by Gasteiger charge is 2.44. The maximum absolute atomic E-state index is 10.8. The normalized spacial score (nSPS) is 37.2. The molecule has 3 fully saturated rings. The van der Waals surface area contributed by atoms with E-state index in [9.17, 15) is 9.59 Å². The van der Waals surface area contributed by atoms with E-state index in [1.54, 1.807) is 0 Å². The lowest BCUT2D eigenvalue weighted by Crippen LogP contribution is -2.41. The maximum Gasteiger partial charge on any atom is 0.303 e. The maximum atomic E-state index is 10.8. The molecule has 0 aromatic rings. The summed E-state index contributed by atoms with van der Waals surface area (Å²) < 4.78 is 0. The number of hydrogen-bond acceptors (Lipinski definition) is 2. The van der Waals surface area contributed by atoms with E-state index in [1.807, 2.05) is 0 Å². The van der Waals surface area contributed by atoms with Crippen molar-refractivity contribution in [1.82, 2.24) is 0 Å². The predicted octanol–water partition coefficient (Wildman–Crippen LogP) is 1.99. The van der Waals surface area contributed by atoms with E-state index in [4.69, 9.17) is 10.2 Å². The third kappa shape index (κ3) is 2.20. The van der Waals surface area contributed by atoms with Gasteiger partial charge in [0, 0.05) is 12.8 Å². The average Bonchev–Trinajstić information content (AvgIpc) is 2.22. The van der Waals surface area contributed by atoms with E-state index in [2.05, 4.69) is 0 Å². The zero-order chi connectivity index (χ0) is 11.7. The van der Waals surface area contributed by atoms with Gasteiger partial charge in [-0.25, -0.2) is 0 Å². The molecule has 2 unspecified atom stereocenters. The highest BCUT2D eigenvalue weighted by Crippen LogP contribution is 2.51. The van der Waals surface area contributed by atoms with Crippen LogP contribution in [0.3, 0.4) is 0 Å². The Morgan fingerprint density at radius 1 is 0.812 bits per heavy atom. The van der Waals surface area contributed by atoms with Gasteiger partial charge in [0.1, 0.15) is 0 Å². The Morgan fingerprint density at radius 2 is 1.12 bits per heavy atom. The van der Waals surface area contributed by atoms with Crippen molar-refractivity contribution in [2.75, 3.05) is 0 Å². The van der Waals surface area contributed by atoms with Gasteiger partial charge in [0.15, 0.2) is 0 Å². The molecule has 0 spiro atoms. The quantitative estimate of drug-likeness (QED) is 0.768. The molecular weight excluding hydrogens is 208 g/mol. The molecule has 0 amide bonds. The molecule has 3 aliphatic rings. The molecule has 90 valence electrons. The molecule has 2 N–H and O–H groups in total. The zero-order valence-corrected chi connectivity index (χ0v) is 9.26. The Bertz CT molecular complexity index is 261. The van der Waals surface area contributed by atoms with Crippen LogP contribution in [0.5, 0.6) is 0 Å². The Balaban J connectivity index is 2.10. The van der Waals surface area contributed by atoms with Crippen molar-refractivity contribution in [2.45, 2.75) is 38.5 Å². The summed E-state index contributed by atoms with van der Waals surface area (Å²) in [7, 11) is 0. The molecule has 0 radical (unpaired) electrons. The van der Waals surface area contributed by atoms with Gasteiger partial charge >= 0.3 is 11.9 Å². The summed E-state index contributed by atoms with van der Waals surface area (Å²) in [5, 5.41) is 17.8. The third-order valence-electron chi connectivity index (χ3n) is 4.40. The SMILES string of the molecule is O=C(O)CC1C2CCC(CC2)C1CC(=O)O. The molecule has 16 heavy (non-hydrogen) atoms. The van der Waals surface area contributed by atoms with E-state index < -0.39 is 11.9 Å². The fourth-order valence-electron chi connectivity index (χ4n) is 3.74. The van der Waals surface area contributed by atoms with Crippen molar-refractivity contribution in [3.63, 3.8) is 0 Å². The molecule has 0 aromatic carbocycles. The molecule has 0 aliphatic heterocycles. The van der Waals surface area contributed by atoms with E-state index in [-0.39, 0.29) is 24.7 Å². The summed E-state index contributed by atoms with van der Waals surface area (Å²) in [5.41, 5.74) is 0. The molecule has 4 heteroatoms. The monoisotopic (exact) mass is 226 g/mol. The second-order valence-electron chi connectivity index (χ2n) is 5.20. The summed E-state index contributed by atoms with van der Waals surface area (Å²) >= 11 is 0. The van der Waals surface area contributed by atoms with Crippen molar-refractivity contribution >= 4 is 11.9 Å². The summed E-state index contributed by atoms with van der Waals surface area (Å²) in [6, 6.07) is 0. The van der Waals surface area contributed by atoms with E-state index >= 15 is 0 Å². The van der Waals surface area contributed by atoms with Gasteiger partial charge < -0.3 is 10.2 Å². The zero-order valence-electron chi connectivity index (χ0n) is 9.26. The number of fused-ring (bicyclic) bond motifs is 3. The number of aliphatic carboxylic acids is 2. The minimum Gasteiger partial charge on any atom is -0.481 e. The second-order valence-corrected chi connectivity index (χ2v) is 5.20. The molecule has 3 rings (SSSR count). The van der Waals surface area contributed by atoms with Crippen LogP contribution in [0.15, 0.2) is 0 Å². The van der Waals surface area contributed by atoms with Gasteiger partial charge in [-0.15, -0.1) is 0 Å². The lowest BCUT2D eigenvalue weighted by Gasteiger charge is -2.48. The van der Waals surface area contributed by atoms with Gasteiger partial charge in [-0.05, 0) is 49.4 Å². The molecule has 0 aromatic heterocycles. The summed E-state index contributed by atoms with van der Waals surface area (Å²) in [6.45, 7) is 0. The number of hydrogen-bond donors (Lipinski definition) is 2. The molecule has 0 heterocycles. The van der Waals surface area contributed by atoms with E-state index in [0.29, 0.717) is 11.8 Å². The van der Waals surface area contributed by atoms with Gasteiger partial charge in [-0.2, -0.15) is 0 Å². The number of carboxylic acids is 2. The summed E-state index contributed by atoms with van der Waals surface area (Å²) in [5.74, 6) is -0.473. The van der Waals surface area contributed by atoms with Crippen LogP contribution in [0.2, 0.25) is 0 Å². The van der Waals surface area contributed by atoms with Crippen LogP contribution >= 0.6 is 0 Å².